The molecule has 178 valence electrons. The van der Waals surface area contributed by atoms with E-state index in [-0.39, 0.29) is 18.5 Å². The van der Waals surface area contributed by atoms with E-state index in [0.29, 0.717) is 18.9 Å². The number of esters is 1. The van der Waals surface area contributed by atoms with Gasteiger partial charge in [-0.05, 0) is 82.1 Å². The predicted molar refractivity (Wildman–Crippen MR) is 126 cm³/mol. The number of hydrogen-bond acceptors (Lipinski definition) is 5. The molecule has 1 heterocycles. The summed E-state index contributed by atoms with van der Waals surface area (Å²) < 4.78 is 16.2. The molecule has 1 amide bonds. The van der Waals surface area contributed by atoms with Crippen LogP contribution in [0.4, 0.5) is 4.79 Å². The lowest BCUT2D eigenvalue weighted by Gasteiger charge is -2.33. The van der Waals surface area contributed by atoms with Gasteiger partial charge in [0, 0.05) is 13.1 Å². The summed E-state index contributed by atoms with van der Waals surface area (Å²) in [6.45, 7) is 11.7. The Labute approximate surface area is 192 Å². The molecule has 0 atom stereocenters. The van der Waals surface area contributed by atoms with Crippen molar-refractivity contribution in [2.75, 3.05) is 26.8 Å². The Morgan fingerprint density at radius 1 is 1.16 bits per heavy atom. The molecule has 0 N–H and O–H groups in total. The lowest BCUT2D eigenvalue weighted by atomic mass is 9.92. The van der Waals surface area contributed by atoms with Gasteiger partial charge in [-0.3, -0.25) is 4.79 Å². The minimum absolute atomic E-state index is 0.197. The van der Waals surface area contributed by atoms with Crippen molar-refractivity contribution in [2.45, 2.75) is 71.3 Å². The van der Waals surface area contributed by atoms with Crippen LogP contribution >= 0.6 is 0 Å². The number of nitrogens with zero attached hydrogens (tertiary/aromatic N) is 1. The zero-order valence-corrected chi connectivity index (χ0v) is 20.2. The standard InChI is InChI=1S/C26H39NO5/c1-6-9-21-18-23(12-11-22(21)19-24(28)30-5)31-17-8-7-10-20-13-15-27(16-14-20)25(29)32-26(2,3)4/h6,11-12,18,20H,1,7-10,13-17,19H2,2-5H3. The van der Waals surface area contributed by atoms with Gasteiger partial charge in [-0.15, -0.1) is 6.58 Å². The number of allylic oxidation sites excluding steroid dienone is 1. The number of ether oxygens (including phenoxy) is 3. The highest BCUT2D eigenvalue weighted by Crippen LogP contribution is 2.24. The fourth-order valence-electron chi connectivity index (χ4n) is 3.89. The molecule has 2 rings (SSSR count). The highest BCUT2D eigenvalue weighted by Gasteiger charge is 2.26. The molecule has 1 aromatic carbocycles. The summed E-state index contributed by atoms with van der Waals surface area (Å²) in [7, 11) is 1.40. The van der Waals surface area contributed by atoms with Gasteiger partial charge in [0.05, 0.1) is 20.1 Å². The summed E-state index contributed by atoms with van der Waals surface area (Å²) in [6.07, 6.45) is 7.90. The maximum atomic E-state index is 12.2. The molecule has 0 unspecified atom stereocenters. The van der Waals surface area contributed by atoms with Crippen LogP contribution in [0.25, 0.3) is 0 Å². The normalized spacial score (nSPS) is 14.7. The van der Waals surface area contributed by atoms with Gasteiger partial charge < -0.3 is 19.1 Å². The topological polar surface area (TPSA) is 65.1 Å². The van der Waals surface area contributed by atoms with Gasteiger partial charge in [-0.1, -0.05) is 18.6 Å². The molecule has 0 aliphatic carbocycles. The Morgan fingerprint density at radius 3 is 2.50 bits per heavy atom. The molecule has 0 bridgehead atoms. The molecule has 1 aliphatic rings. The van der Waals surface area contributed by atoms with E-state index in [2.05, 4.69) is 6.58 Å². The predicted octanol–water partition coefficient (Wildman–Crippen LogP) is 5.33. The summed E-state index contributed by atoms with van der Waals surface area (Å²) in [5, 5.41) is 0. The second-order valence-electron chi connectivity index (χ2n) is 9.43. The van der Waals surface area contributed by atoms with Crippen molar-refractivity contribution in [3.8, 4) is 5.75 Å². The van der Waals surface area contributed by atoms with Crippen LogP contribution in [-0.2, 0) is 27.1 Å². The molecular formula is C26H39NO5. The van der Waals surface area contributed by atoms with E-state index >= 15 is 0 Å². The van der Waals surface area contributed by atoms with Gasteiger partial charge >= 0.3 is 12.1 Å². The first-order valence-electron chi connectivity index (χ1n) is 11.6. The summed E-state index contributed by atoms with van der Waals surface area (Å²) in [5.74, 6) is 1.23. The van der Waals surface area contributed by atoms with E-state index < -0.39 is 5.60 Å². The maximum absolute atomic E-state index is 12.2. The van der Waals surface area contributed by atoms with Crippen molar-refractivity contribution in [1.29, 1.82) is 0 Å². The average molecular weight is 446 g/mol. The van der Waals surface area contributed by atoms with E-state index in [4.69, 9.17) is 14.2 Å². The number of methoxy groups -OCH3 is 1. The minimum Gasteiger partial charge on any atom is -0.494 e. The van der Waals surface area contributed by atoms with Crippen molar-refractivity contribution in [2.24, 2.45) is 5.92 Å². The monoisotopic (exact) mass is 445 g/mol. The molecule has 6 nitrogen and oxygen atoms in total. The second kappa shape index (κ2) is 12.5. The summed E-state index contributed by atoms with van der Waals surface area (Å²) in [4.78, 5) is 25.6. The van der Waals surface area contributed by atoms with Gasteiger partial charge in [-0.2, -0.15) is 0 Å². The van der Waals surface area contributed by atoms with Gasteiger partial charge in [0.1, 0.15) is 11.4 Å². The Morgan fingerprint density at radius 2 is 1.88 bits per heavy atom. The Kier molecular flexibility index (Phi) is 10.1. The molecule has 0 saturated carbocycles. The molecule has 1 saturated heterocycles. The third-order valence-electron chi connectivity index (χ3n) is 5.65. The number of carbonyl (C=O) groups excluding carboxylic acids is 2. The first-order chi connectivity index (χ1) is 15.2. The smallest absolute Gasteiger partial charge is 0.410 e. The Balaban J connectivity index is 1.69. The summed E-state index contributed by atoms with van der Waals surface area (Å²) in [6, 6.07) is 5.84. The van der Waals surface area contributed by atoms with Gasteiger partial charge in [-0.25, -0.2) is 4.79 Å². The molecule has 0 radical (unpaired) electrons. The van der Waals surface area contributed by atoms with Gasteiger partial charge in [0.25, 0.3) is 0 Å². The van der Waals surface area contributed by atoms with Crippen LogP contribution in [0.1, 0.15) is 64.0 Å². The van der Waals surface area contributed by atoms with Crippen LogP contribution in [0.15, 0.2) is 30.9 Å². The zero-order chi connectivity index (χ0) is 23.6. The quantitative estimate of drug-likeness (QED) is 0.277. The third kappa shape index (κ3) is 8.93. The number of unbranched alkanes of at least 4 members (excludes halogenated alkanes) is 1. The van der Waals surface area contributed by atoms with E-state index in [1.165, 1.54) is 7.11 Å². The van der Waals surface area contributed by atoms with E-state index in [0.717, 1.165) is 62.1 Å². The first-order valence-corrected chi connectivity index (χ1v) is 11.6. The number of rotatable bonds is 10. The third-order valence-corrected chi connectivity index (χ3v) is 5.65. The van der Waals surface area contributed by atoms with Crippen LogP contribution < -0.4 is 4.74 Å². The molecule has 6 heteroatoms. The number of amides is 1. The largest absolute Gasteiger partial charge is 0.494 e. The van der Waals surface area contributed by atoms with Gasteiger partial charge in [0.2, 0.25) is 0 Å². The SMILES string of the molecule is C=CCc1cc(OCCCCC2CCN(C(=O)OC(C)(C)C)CC2)ccc1CC(=O)OC. The number of carbonyl (C=O) groups is 2. The van der Waals surface area contributed by atoms with E-state index in [1.54, 1.807) is 0 Å². The fourth-order valence-corrected chi connectivity index (χ4v) is 3.89. The number of hydrogen-bond donors (Lipinski definition) is 0. The summed E-state index contributed by atoms with van der Waals surface area (Å²) >= 11 is 0. The van der Waals surface area contributed by atoms with Crippen LogP contribution in [0, 0.1) is 5.92 Å². The number of likely N-dealkylation sites (tertiary alicyclic amines) is 1. The van der Waals surface area contributed by atoms with Crippen LogP contribution in [-0.4, -0.2) is 49.4 Å². The summed E-state index contributed by atoms with van der Waals surface area (Å²) in [5.41, 5.74) is 1.55. The first kappa shape index (κ1) is 25.8. The molecule has 1 aromatic rings. The highest BCUT2D eigenvalue weighted by molar-refractivity contribution is 5.73. The molecule has 0 aromatic heterocycles. The van der Waals surface area contributed by atoms with Crippen molar-refractivity contribution < 1.29 is 23.8 Å². The number of piperidine rings is 1. The molecule has 1 fully saturated rings. The van der Waals surface area contributed by atoms with Crippen molar-refractivity contribution >= 4 is 12.1 Å². The van der Waals surface area contributed by atoms with E-state index in [9.17, 15) is 9.59 Å². The van der Waals surface area contributed by atoms with Crippen LogP contribution in [0.2, 0.25) is 0 Å². The van der Waals surface area contributed by atoms with Crippen LogP contribution in [0.5, 0.6) is 5.75 Å². The Hall–Kier alpha value is -2.50. The average Bonchev–Trinajstić information content (AvgIpc) is 2.74. The highest BCUT2D eigenvalue weighted by atomic mass is 16.6. The zero-order valence-electron chi connectivity index (χ0n) is 20.2. The van der Waals surface area contributed by atoms with Crippen LogP contribution in [0.3, 0.4) is 0 Å². The maximum Gasteiger partial charge on any atom is 0.410 e. The minimum atomic E-state index is -0.442. The van der Waals surface area contributed by atoms with Crippen molar-refractivity contribution in [3.05, 3.63) is 42.0 Å². The molecule has 32 heavy (non-hydrogen) atoms. The fraction of sp³-hybridized carbons (Fsp3) is 0.615. The lowest BCUT2D eigenvalue weighted by molar-refractivity contribution is -0.139. The molecular weight excluding hydrogens is 406 g/mol. The van der Waals surface area contributed by atoms with Crippen molar-refractivity contribution in [3.63, 3.8) is 0 Å². The molecule has 0 spiro atoms. The molecule has 1 aliphatic heterocycles. The Bertz CT molecular complexity index is 760. The number of benzene rings is 1. The van der Waals surface area contributed by atoms with E-state index in [1.807, 2.05) is 49.9 Å². The second-order valence-corrected chi connectivity index (χ2v) is 9.43. The van der Waals surface area contributed by atoms with Gasteiger partial charge in [0.15, 0.2) is 0 Å². The van der Waals surface area contributed by atoms with Crippen molar-refractivity contribution in [1.82, 2.24) is 4.90 Å². The lowest BCUT2D eigenvalue weighted by Crippen LogP contribution is -2.41.